The van der Waals surface area contributed by atoms with Gasteiger partial charge in [0.15, 0.2) is 23.0 Å². The van der Waals surface area contributed by atoms with Gasteiger partial charge in [-0.05, 0) is 66.4 Å². The third-order valence-corrected chi connectivity index (χ3v) is 6.10. The van der Waals surface area contributed by atoms with E-state index in [1.54, 1.807) is 28.4 Å². The molecule has 1 aliphatic rings. The number of methoxy groups -OCH3 is 4. The van der Waals surface area contributed by atoms with Crippen molar-refractivity contribution in [3.8, 4) is 23.0 Å². The average Bonchev–Trinajstić information content (AvgIpc) is 2.99. The summed E-state index contributed by atoms with van der Waals surface area (Å²) < 4.78 is 21.5. The van der Waals surface area contributed by atoms with E-state index in [1.165, 1.54) is 5.56 Å². The van der Waals surface area contributed by atoms with Crippen molar-refractivity contribution < 1.29 is 23.7 Å². The van der Waals surface area contributed by atoms with Crippen molar-refractivity contribution in [2.45, 2.75) is 19.8 Å². The van der Waals surface area contributed by atoms with Crippen LogP contribution in [0.4, 0.5) is 0 Å². The van der Waals surface area contributed by atoms with Crippen LogP contribution >= 0.6 is 0 Å². The molecule has 1 heterocycles. The Hall–Kier alpha value is -3.19. The van der Waals surface area contributed by atoms with Gasteiger partial charge in [-0.3, -0.25) is 4.79 Å². The Morgan fingerprint density at radius 1 is 0.941 bits per heavy atom. The highest BCUT2D eigenvalue weighted by molar-refractivity contribution is 5.84. The standard InChI is InChI=1S/C27H36N2O5/c1-19(17-28(2)11-9-20-7-8-23(31-3)24(13-20)32-4)18-29-12-10-21-14-25(33-5)26(34-6)15-22(21)16-27(29)30/h7-8,10,12-15,19H,9,11,16-18H2,1-6H3. The van der Waals surface area contributed by atoms with Crippen molar-refractivity contribution in [2.24, 2.45) is 5.92 Å². The Bertz CT molecular complexity index is 1020. The van der Waals surface area contributed by atoms with Crippen LogP contribution in [0.2, 0.25) is 0 Å². The van der Waals surface area contributed by atoms with Gasteiger partial charge in [0.2, 0.25) is 5.91 Å². The minimum Gasteiger partial charge on any atom is -0.493 e. The first-order valence-corrected chi connectivity index (χ1v) is 11.5. The van der Waals surface area contributed by atoms with Crippen LogP contribution in [0, 0.1) is 5.92 Å². The minimum atomic E-state index is 0.0852. The summed E-state index contributed by atoms with van der Waals surface area (Å²) in [5, 5.41) is 0. The van der Waals surface area contributed by atoms with Crippen LogP contribution in [0.3, 0.4) is 0 Å². The van der Waals surface area contributed by atoms with Gasteiger partial charge in [-0.25, -0.2) is 0 Å². The van der Waals surface area contributed by atoms with E-state index in [0.717, 1.165) is 42.1 Å². The number of carbonyl (C=O) groups excluding carboxylic acids is 1. The fraction of sp³-hybridized carbons (Fsp3) is 0.444. The number of hydrogen-bond acceptors (Lipinski definition) is 6. The molecule has 2 aromatic carbocycles. The third kappa shape index (κ3) is 6.23. The van der Waals surface area contributed by atoms with E-state index in [-0.39, 0.29) is 5.91 Å². The maximum atomic E-state index is 12.9. The number of benzene rings is 2. The number of fused-ring (bicyclic) bond motifs is 1. The van der Waals surface area contributed by atoms with Gasteiger partial charge >= 0.3 is 0 Å². The maximum Gasteiger partial charge on any atom is 0.230 e. The van der Waals surface area contributed by atoms with E-state index in [4.69, 9.17) is 18.9 Å². The van der Waals surface area contributed by atoms with Gasteiger partial charge in [0.05, 0.1) is 34.9 Å². The number of likely N-dealkylation sites (N-methyl/N-ethyl adjacent to an activating group) is 1. The zero-order valence-electron chi connectivity index (χ0n) is 21.1. The number of nitrogens with zero attached hydrogens (tertiary/aromatic N) is 2. The zero-order chi connectivity index (χ0) is 24.7. The van der Waals surface area contributed by atoms with Crippen molar-refractivity contribution >= 4 is 12.0 Å². The molecule has 1 unspecified atom stereocenters. The zero-order valence-corrected chi connectivity index (χ0v) is 21.1. The molecule has 0 aliphatic carbocycles. The summed E-state index contributed by atoms with van der Waals surface area (Å²) in [5.41, 5.74) is 3.13. The number of ether oxygens (including phenoxy) is 4. The molecule has 0 bridgehead atoms. The van der Waals surface area contributed by atoms with E-state index in [9.17, 15) is 4.79 Å². The summed E-state index contributed by atoms with van der Waals surface area (Å²) in [7, 11) is 8.63. The van der Waals surface area contributed by atoms with Crippen molar-refractivity contribution in [3.05, 3.63) is 53.2 Å². The molecule has 1 amide bonds. The molecule has 7 nitrogen and oxygen atoms in total. The lowest BCUT2D eigenvalue weighted by Crippen LogP contribution is -2.35. The Morgan fingerprint density at radius 2 is 1.59 bits per heavy atom. The summed E-state index contributed by atoms with van der Waals surface area (Å²) in [6.45, 7) is 4.64. The van der Waals surface area contributed by atoms with Crippen molar-refractivity contribution in [2.75, 3.05) is 55.1 Å². The van der Waals surface area contributed by atoms with E-state index >= 15 is 0 Å². The van der Waals surface area contributed by atoms with Crippen LogP contribution in [-0.2, 0) is 17.6 Å². The Balaban J connectivity index is 1.56. The van der Waals surface area contributed by atoms with Crippen LogP contribution in [0.25, 0.3) is 6.08 Å². The molecule has 7 heteroatoms. The van der Waals surface area contributed by atoms with Gasteiger partial charge in [-0.1, -0.05) is 13.0 Å². The lowest BCUT2D eigenvalue weighted by Gasteiger charge is -2.26. The highest BCUT2D eigenvalue weighted by Crippen LogP contribution is 2.33. The number of rotatable bonds is 11. The summed E-state index contributed by atoms with van der Waals surface area (Å²) in [4.78, 5) is 17.1. The van der Waals surface area contributed by atoms with E-state index in [2.05, 4.69) is 24.9 Å². The second-order valence-electron chi connectivity index (χ2n) is 8.75. The first-order chi connectivity index (χ1) is 16.4. The van der Waals surface area contributed by atoms with Crippen LogP contribution in [0.15, 0.2) is 36.5 Å². The molecule has 1 atom stereocenters. The van der Waals surface area contributed by atoms with Crippen molar-refractivity contribution in [1.82, 2.24) is 9.80 Å². The predicted octanol–water partition coefficient (Wildman–Crippen LogP) is 3.89. The van der Waals surface area contributed by atoms with Gasteiger partial charge in [-0.15, -0.1) is 0 Å². The summed E-state index contributed by atoms with van der Waals surface area (Å²) >= 11 is 0. The van der Waals surface area contributed by atoms with E-state index in [0.29, 0.717) is 30.4 Å². The average molecular weight is 469 g/mol. The normalized spacial score (nSPS) is 14.0. The van der Waals surface area contributed by atoms with E-state index < -0.39 is 0 Å². The Labute approximate surface area is 202 Å². The van der Waals surface area contributed by atoms with Crippen LogP contribution in [-0.4, -0.2) is 70.8 Å². The molecule has 34 heavy (non-hydrogen) atoms. The Morgan fingerprint density at radius 3 is 2.26 bits per heavy atom. The monoisotopic (exact) mass is 468 g/mol. The van der Waals surface area contributed by atoms with Crippen molar-refractivity contribution in [3.63, 3.8) is 0 Å². The molecular formula is C27H36N2O5. The minimum absolute atomic E-state index is 0.0852. The first kappa shape index (κ1) is 25.4. The molecule has 0 N–H and O–H groups in total. The highest BCUT2D eigenvalue weighted by Gasteiger charge is 2.21. The molecule has 0 saturated heterocycles. The first-order valence-electron chi connectivity index (χ1n) is 11.5. The fourth-order valence-electron chi connectivity index (χ4n) is 4.30. The van der Waals surface area contributed by atoms with Gasteiger partial charge in [0, 0.05) is 25.8 Å². The largest absolute Gasteiger partial charge is 0.493 e. The lowest BCUT2D eigenvalue weighted by atomic mass is 10.0. The number of amides is 1. The lowest BCUT2D eigenvalue weighted by molar-refractivity contribution is -0.128. The smallest absolute Gasteiger partial charge is 0.230 e. The topological polar surface area (TPSA) is 60.5 Å². The SMILES string of the molecule is COc1ccc(CCN(C)CC(C)CN2C=Cc3cc(OC)c(OC)cc3CC2=O)cc1OC. The van der Waals surface area contributed by atoms with Gasteiger partial charge < -0.3 is 28.7 Å². The highest BCUT2D eigenvalue weighted by atomic mass is 16.5. The van der Waals surface area contributed by atoms with E-state index in [1.807, 2.05) is 41.4 Å². The maximum absolute atomic E-state index is 12.9. The number of hydrogen-bond donors (Lipinski definition) is 0. The fourth-order valence-corrected chi connectivity index (χ4v) is 4.30. The molecule has 0 radical (unpaired) electrons. The van der Waals surface area contributed by atoms with Crippen LogP contribution in [0.1, 0.15) is 23.6 Å². The molecule has 1 aliphatic heterocycles. The second kappa shape index (κ2) is 11.8. The predicted molar refractivity (Wildman–Crippen MR) is 134 cm³/mol. The van der Waals surface area contributed by atoms with Crippen molar-refractivity contribution in [1.29, 1.82) is 0 Å². The molecule has 3 rings (SSSR count). The van der Waals surface area contributed by atoms with Gasteiger partial charge in [0.1, 0.15) is 0 Å². The third-order valence-electron chi connectivity index (χ3n) is 6.10. The molecule has 0 fully saturated rings. The van der Waals surface area contributed by atoms with Gasteiger partial charge in [0.25, 0.3) is 0 Å². The molecular weight excluding hydrogens is 432 g/mol. The Kier molecular flexibility index (Phi) is 8.82. The molecule has 0 aromatic heterocycles. The molecule has 184 valence electrons. The second-order valence-corrected chi connectivity index (χ2v) is 8.75. The summed E-state index contributed by atoms with van der Waals surface area (Å²) in [5.74, 6) is 3.19. The van der Waals surface area contributed by atoms with Crippen LogP contribution in [0.5, 0.6) is 23.0 Å². The van der Waals surface area contributed by atoms with Gasteiger partial charge in [-0.2, -0.15) is 0 Å². The quantitative estimate of drug-likeness (QED) is 0.499. The summed E-state index contributed by atoms with van der Waals surface area (Å²) in [6.07, 6.45) is 5.12. The number of carbonyl (C=O) groups is 1. The molecule has 0 saturated carbocycles. The summed E-state index contributed by atoms with van der Waals surface area (Å²) in [6, 6.07) is 9.86. The molecule has 2 aromatic rings. The molecule has 0 spiro atoms. The van der Waals surface area contributed by atoms with Crippen LogP contribution < -0.4 is 18.9 Å².